The van der Waals surface area contributed by atoms with E-state index in [2.05, 4.69) is 64.4 Å². The lowest BCUT2D eigenvalue weighted by Crippen LogP contribution is -2.29. The van der Waals surface area contributed by atoms with Crippen LogP contribution in [0.15, 0.2) is 24.3 Å². The van der Waals surface area contributed by atoms with E-state index in [-0.39, 0.29) is 6.10 Å². The van der Waals surface area contributed by atoms with Gasteiger partial charge in [0.15, 0.2) is 8.32 Å². The van der Waals surface area contributed by atoms with Crippen molar-refractivity contribution in [2.45, 2.75) is 52.3 Å². The van der Waals surface area contributed by atoms with Gasteiger partial charge in [0.05, 0.1) is 6.10 Å². The lowest BCUT2D eigenvalue weighted by molar-refractivity contribution is 0.219. The normalized spacial score (nSPS) is 14.4. The highest BCUT2D eigenvalue weighted by Crippen LogP contribution is 2.26. The van der Waals surface area contributed by atoms with Crippen LogP contribution in [0.3, 0.4) is 0 Å². The van der Waals surface area contributed by atoms with Crippen LogP contribution in [0.2, 0.25) is 39.3 Å². The van der Waals surface area contributed by atoms with Crippen molar-refractivity contribution in [3.8, 4) is 5.75 Å². The molecular formula is C14H26O2Si2. The second kappa shape index (κ2) is 5.59. The molecule has 0 aliphatic carbocycles. The summed E-state index contributed by atoms with van der Waals surface area (Å²) in [6, 6.07) is 8.31. The number of hydrogen-bond donors (Lipinski definition) is 0. The van der Waals surface area contributed by atoms with E-state index in [1.807, 2.05) is 6.07 Å². The Morgan fingerprint density at radius 2 is 1.56 bits per heavy atom. The standard InChI is InChI=1S/C14H26O2Si2/c1-12(15-17(2,3)4)13-9-8-10-14(11-13)16-18(5,6)7/h8-12H,1-7H3. The fraction of sp³-hybridized carbons (Fsp3) is 0.571. The van der Waals surface area contributed by atoms with Crippen LogP contribution in [0, 0.1) is 0 Å². The van der Waals surface area contributed by atoms with Crippen LogP contribution in [0.5, 0.6) is 5.75 Å². The summed E-state index contributed by atoms with van der Waals surface area (Å²) in [5.41, 5.74) is 1.20. The molecule has 1 unspecified atom stereocenters. The second-order valence-electron chi connectivity index (χ2n) is 6.66. The van der Waals surface area contributed by atoms with E-state index in [0.717, 1.165) is 5.75 Å². The van der Waals surface area contributed by atoms with E-state index in [9.17, 15) is 0 Å². The highest BCUT2D eigenvalue weighted by atomic mass is 28.4. The molecule has 0 aliphatic heterocycles. The third-order valence-electron chi connectivity index (χ3n) is 2.28. The second-order valence-corrected chi connectivity index (χ2v) is 15.5. The van der Waals surface area contributed by atoms with Gasteiger partial charge in [-0.15, -0.1) is 0 Å². The van der Waals surface area contributed by atoms with Crippen LogP contribution >= 0.6 is 0 Å². The molecule has 2 nitrogen and oxygen atoms in total. The Morgan fingerprint density at radius 1 is 0.944 bits per heavy atom. The fourth-order valence-corrected chi connectivity index (χ4v) is 3.81. The minimum absolute atomic E-state index is 0.141. The molecule has 1 aromatic rings. The minimum Gasteiger partial charge on any atom is -0.544 e. The highest BCUT2D eigenvalue weighted by molar-refractivity contribution is 6.70. The van der Waals surface area contributed by atoms with E-state index in [1.54, 1.807) is 0 Å². The maximum absolute atomic E-state index is 6.10. The van der Waals surface area contributed by atoms with Crippen molar-refractivity contribution < 1.29 is 8.85 Å². The predicted octanol–water partition coefficient (Wildman–Crippen LogP) is 4.81. The van der Waals surface area contributed by atoms with Crippen molar-refractivity contribution >= 4 is 16.6 Å². The smallest absolute Gasteiger partial charge is 0.242 e. The zero-order chi connectivity index (χ0) is 14.0. The van der Waals surface area contributed by atoms with Crippen molar-refractivity contribution in [1.82, 2.24) is 0 Å². The SMILES string of the molecule is CC(O[Si](C)(C)C)c1cccc(O[Si](C)(C)C)c1. The van der Waals surface area contributed by atoms with Gasteiger partial charge >= 0.3 is 0 Å². The Bertz CT molecular complexity index is 392. The molecule has 1 atom stereocenters. The van der Waals surface area contributed by atoms with Crippen LogP contribution in [0.1, 0.15) is 18.6 Å². The summed E-state index contributed by atoms with van der Waals surface area (Å²) in [6.45, 7) is 15.3. The Kier molecular flexibility index (Phi) is 4.80. The molecule has 1 aromatic carbocycles. The topological polar surface area (TPSA) is 18.5 Å². The van der Waals surface area contributed by atoms with Crippen LogP contribution in [-0.2, 0) is 4.43 Å². The van der Waals surface area contributed by atoms with Gasteiger partial charge < -0.3 is 8.85 Å². The molecule has 4 heteroatoms. The van der Waals surface area contributed by atoms with Crippen LogP contribution in [0.25, 0.3) is 0 Å². The summed E-state index contributed by atoms with van der Waals surface area (Å²) in [5, 5.41) is 0. The Labute approximate surface area is 114 Å². The summed E-state index contributed by atoms with van der Waals surface area (Å²) >= 11 is 0. The number of rotatable bonds is 5. The first-order chi connectivity index (χ1) is 8.07. The molecule has 0 bridgehead atoms. The monoisotopic (exact) mass is 282 g/mol. The van der Waals surface area contributed by atoms with Gasteiger partial charge in [0, 0.05) is 0 Å². The van der Waals surface area contributed by atoms with E-state index in [1.165, 1.54) is 5.56 Å². The molecule has 0 radical (unpaired) electrons. The van der Waals surface area contributed by atoms with Crippen molar-refractivity contribution in [1.29, 1.82) is 0 Å². The first-order valence-electron chi connectivity index (χ1n) is 6.54. The summed E-state index contributed by atoms with van der Waals surface area (Å²) in [6.07, 6.45) is 0.141. The zero-order valence-electron chi connectivity index (χ0n) is 12.7. The summed E-state index contributed by atoms with van der Waals surface area (Å²) < 4.78 is 12.1. The maximum atomic E-state index is 6.10. The van der Waals surface area contributed by atoms with Crippen LogP contribution in [-0.4, -0.2) is 16.6 Å². The predicted molar refractivity (Wildman–Crippen MR) is 83.3 cm³/mol. The maximum Gasteiger partial charge on any atom is 0.242 e. The summed E-state index contributed by atoms with van der Waals surface area (Å²) in [5.74, 6) is 0.970. The van der Waals surface area contributed by atoms with Crippen molar-refractivity contribution in [3.05, 3.63) is 29.8 Å². The zero-order valence-corrected chi connectivity index (χ0v) is 14.7. The van der Waals surface area contributed by atoms with Crippen molar-refractivity contribution in [2.75, 3.05) is 0 Å². The molecule has 0 aliphatic rings. The van der Waals surface area contributed by atoms with Gasteiger partial charge in [-0.2, -0.15) is 0 Å². The Balaban J connectivity index is 2.82. The van der Waals surface area contributed by atoms with Gasteiger partial charge in [-0.1, -0.05) is 12.1 Å². The fourth-order valence-electron chi connectivity index (χ4n) is 1.78. The van der Waals surface area contributed by atoms with Gasteiger partial charge in [-0.05, 0) is 63.9 Å². The molecule has 0 fully saturated rings. The lowest BCUT2D eigenvalue weighted by atomic mass is 10.1. The molecule has 0 aromatic heterocycles. The van der Waals surface area contributed by atoms with E-state index < -0.39 is 16.6 Å². The average molecular weight is 283 g/mol. The Hall–Kier alpha value is -0.586. The largest absolute Gasteiger partial charge is 0.544 e. The minimum atomic E-state index is -1.53. The third kappa shape index (κ3) is 5.84. The molecule has 0 saturated carbocycles. The Morgan fingerprint density at radius 3 is 2.06 bits per heavy atom. The van der Waals surface area contributed by atoms with Gasteiger partial charge in [0.1, 0.15) is 5.75 Å². The van der Waals surface area contributed by atoms with E-state index in [0.29, 0.717) is 0 Å². The molecule has 0 saturated heterocycles. The van der Waals surface area contributed by atoms with Crippen LogP contribution in [0.4, 0.5) is 0 Å². The quantitative estimate of drug-likeness (QED) is 0.721. The molecule has 0 amide bonds. The highest BCUT2D eigenvalue weighted by Gasteiger charge is 2.20. The van der Waals surface area contributed by atoms with Crippen molar-refractivity contribution in [2.24, 2.45) is 0 Å². The molecule has 1 rings (SSSR count). The van der Waals surface area contributed by atoms with Gasteiger partial charge in [-0.3, -0.25) is 0 Å². The number of benzene rings is 1. The van der Waals surface area contributed by atoms with Gasteiger partial charge in [0.25, 0.3) is 0 Å². The lowest BCUT2D eigenvalue weighted by Gasteiger charge is -2.25. The van der Waals surface area contributed by atoms with E-state index in [4.69, 9.17) is 8.85 Å². The van der Waals surface area contributed by atoms with Gasteiger partial charge in [-0.25, -0.2) is 0 Å². The average Bonchev–Trinajstić information content (AvgIpc) is 2.12. The van der Waals surface area contributed by atoms with Crippen LogP contribution < -0.4 is 4.43 Å². The summed E-state index contributed by atoms with van der Waals surface area (Å²) in [7, 11) is -3.03. The van der Waals surface area contributed by atoms with Gasteiger partial charge in [0.2, 0.25) is 8.32 Å². The van der Waals surface area contributed by atoms with Crippen molar-refractivity contribution in [3.63, 3.8) is 0 Å². The first-order valence-corrected chi connectivity index (χ1v) is 13.4. The molecule has 18 heavy (non-hydrogen) atoms. The molecule has 0 heterocycles. The molecular weight excluding hydrogens is 256 g/mol. The molecule has 102 valence electrons. The summed E-state index contributed by atoms with van der Waals surface area (Å²) in [4.78, 5) is 0. The van der Waals surface area contributed by atoms with E-state index >= 15 is 0 Å². The number of hydrogen-bond acceptors (Lipinski definition) is 2. The first kappa shape index (κ1) is 15.5. The third-order valence-corrected chi connectivity index (χ3v) is 4.19. The molecule has 0 N–H and O–H groups in total. The molecule has 0 spiro atoms.